The van der Waals surface area contributed by atoms with Gasteiger partial charge in [0.15, 0.2) is 0 Å². The minimum atomic E-state index is -0.352. The molecule has 0 radical (unpaired) electrons. The number of hydrogen-bond acceptors (Lipinski definition) is 3. The molecule has 0 saturated heterocycles. The number of anilines is 1. The Hall–Kier alpha value is -2.49. The first-order chi connectivity index (χ1) is 9.09. The van der Waals surface area contributed by atoms with E-state index in [2.05, 4.69) is 4.98 Å². The van der Waals surface area contributed by atoms with Crippen LogP contribution >= 0.6 is 0 Å². The average Bonchev–Trinajstić information content (AvgIpc) is 2.66. The molecule has 2 heterocycles. The topological polar surface area (TPSA) is 50.3 Å². The van der Waals surface area contributed by atoms with E-state index in [4.69, 9.17) is 0 Å². The third-order valence-corrected chi connectivity index (χ3v) is 3.25. The van der Waals surface area contributed by atoms with Crippen molar-refractivity contribution >= 4 is 17.5 Å². The van der Waals surface area contributed by atoms with E-state index in [1.165, 1.54) is 11.1 Å². The summed E-state index contributed by atoms with van der Waals surface area (Å²) in [6.07, 6.45) is 1.52. The second-order valence-electron chi connectivity index (χ2n) is 4.64. The molecule has 0 bridgehead atoms. The van der Waals surface area contributed by atoms with Gasteiger partial charge in [-0.25, -0.2) is 4.90 Å². The van der Waals surface area contributed by atoms with Crippen LogP contribution in [0.3, 0.4) is 0 Å². The Bertz CT molecular complexity index is 672. The summed E-state index contributed by atoms with van der Waals surface area (Å²) < 4.78 is 0. The fourth-order valence-electron chi connectivity index (χ4n) is 2.25. The first kappa shape index (κ1) is 11.6. The normalized spacial score (nSPS) is 13.9. The largest absolute Gasteiger partial charge is 0.284 e. The Balaban J connectivity index is 2.17. The van der Waals surface area contributed by atoms with Crippen LogP contribution in [-0.4, -0.2) is 16.8 Å². The molecule has 94 valence electrons. The summed E-state index contributed by atoms with van der Waals surface area (Å²) in [5.41, 5.74) is 3.13. The first-order valence-corrected chi connectivity index (χ1v) is 6.00. The van der Waals surface area contributed by atoms with Gasteiger partial charge in [-0.2, -0.15) is 0 Å². The number of carbonyl (C=O) groups is 2. The van der Waals surface area contributed by atoms with Gasteiger partial charge in [0.25, 0.3) is 11.8 Å². The van der Waals surface area contributed by atoms with Gasteiger partial charge in [-0.05, 0) is 43.2 Å². The van der Waals surface area contributed by atoms with E-state index < -0.39 is 0 Å². The number of hydrogen-bond donors (Lipinski definition) is 0. The Morgan fingerprint density at radius 1 is 1.05 bits per heavy atom. The minimum Gasteiger partial charge on any atom is -0.268 e. The maximum atomic E-state index is 12.3. The van der Waals surface area contributed by atoms with Crippen molar-refractivity contribution in [2.24, 2.45) is 0 Å². The van der Waals surface area contributed by atoms with Gasteiger partial charge in [-0.1, -0.05) is 12.1 Å². The van der Waals surface area contributed by atoms with Crippen LogP contribution in [-0.2, 0) is 0 Å². The maximum Gasteiger partial charge on any atom is 0.284 e. The van der Waals surface area contributed by atoms with Crippen LogP contribution in [0.4, 0.5) is 5.69 Å². The van der Waals surface area contributed by atoms with E-state index in [9.17, 15) is 9.59 Å². The number of carbonyl (C=O) groups excluding carboxylic acids is 2. The average molecular weight is 252 g/mol. The van der Waals surface area contributed by atoms with Crippen LogP contribution in [0.5, 0.6) is 0 Å². The van der Waals surface area contributed by atoms with Crippen molar-refractivity contribution in [3.05, 3.63) is 58.9 Å². The van der Waals surface area contributed by atoms with E-state index in [1.54, 1.807) is 12.1 Å². The summed E-state index contributed by atoms with van der Waals surface area (Å²) >= 11 is 0. The quantitative estimate of drug-likeness (QED) is 0.733. The molecule has 0 unspecified atom stereocenters. The van der Waals surface area contributed by atoms with Gasteiger partial charge < -0.3 is 0 Å². The molecule has 0 atom stereocenters. The van der Waals surface area contributed by atoms with Crippen molar-refractivity contribution in [2.75, 3.05) is 4.90 Å². The number of aryl methyl sites for hydroxylation is 2. The third-order valence-electron chi connectivity index (χ3n) is 3.25. The van der Waals surface area contributed by atoms with Crippen LogP contribution in [0.15, 0.2) is 36.5 Å². The number of benzene rings is 1. The summed E-state index contributed by atoms with van der Waals surface area (Å²) in [5, 5.41) is 0. The van der Waals surface area contributed by atoms with E-state index in [-0.39, 0.29) is 17.5 Å². The zero-order valence-electron chi connectivity index (χ0n) is 10.7. The van der Waals surface area contributed by atoms with Gasteiger partial charge in [0.1, 0.15) is 5.69 Å². The van der Waals surface area contributed by atoms with Gasteiger partial charge in [0, 0.05) is 6.20 Å². The first-order valence-electron chi connectivity index (χ1n) is 6.00. The molecule has 0 spiro atoms. The van der Waals surface area contributed by atoms with Gasteiger partial charge >= 0.3 is 0 Å². The number of rotatable bonds is 1. The van der Waals surface area contributed by atoms with Gasteiger partial charge in [-0.15, -0.1) is 0 Å². The minimum absolute atomic E-state index is 0.230. The Kier molecular flexibility index (Phi) is 2.45. The highest BCUT2D eigenvalue weighted by molar-refractivity contribution is 6.33. The zero-order valence-corrected chi connectivity index (χ0v) is 10.7. The summed E-state index contributed by atoms with van der Waals surface area (Å²) in [6, 6.07) is 9.00. The van der Waals surface area contributed by atoms with Crippen LogP contribution < -0.4 is 4.90 Å². The SMILES string of the molecule is Cc1ccc(C)c(N2C(=O)c3cccnc3C2=O)c1. The van der Waals surface area contributed by atoms with Crippen molar-refractivity contribution in [3.8, 4) is 0 Å². The molecule has 0 N–H and O–H groups in total. The number of imide groups is 1. The van der Waals surface area contributed by atoms with Gasteiger partial charge in [-0.3, -0.25) is 14.6 Å². The molecule has 3 rings (SSSR count). The van der Waals surface area contributed by atoms with Gasteiger partial charge in [0.2, 0.25) is 0 Å². The predicted molar refractivity (Wildman–Crippen MR) is 71.3 cm³/mol. The molecule has 0 saturated carbocycles. The highest BCUT2D eigenvalue weighted by atomic mass is 16.2. The Morgan fingerprint density at radius 3 is 2.58 bits per heavy atom. The van der Waals surface area contributed by atoms with Gasteiger partial charge in [0.05, 0.1) is 11.3 Å². The second kappa shape index (κ2) is 4.02. The maximum absolute atomic E-state index is 12.3. The molecule has 0 aliphatic carbocycles. The summed E-state index contributed by atoms with van der Waals surface area (Å²) in [4.78, 5) is 29.9. The summed E-state index contributed by atoms with van der Waals surface area (Å²) in [7, 11) is 0. The number of pyridine rings is 1. The van der Waals surface area contributed by atoms with Crippen LogP contribution in [0.2, 0.25) is 0 Å². The molecular weight excluding hydrogens is 240 g/mol. The van der Waals surface area contributed by atoms with Crippen molar-refractivity contribution in [2.45, 2.75) is 13.8 Å². The molecule has 1 aromatic heterocycles. The molecule has 1 aromatic carbocycles. The fraction of sp³-hybridized carbons (Fsp3) is 0.133. The summed E-state index contributed by atoms with van der Waals surface area (Å²) in [6.45, 7) is 3.81. The smallest absolute Gasteiger partial charge is 0.268 e. The fourth-order valence-corrected chi connectivity index (χ4v) is 2.25. The lowest BCUT2D eigenvalue weighted by Crippen LogP contribution is -2.30. The number of fused-ring (bicyclic) bond motifs is 1. The molecule has 4 nitrogen and oxygen atoms in total. The molecule has 2 amide bonds. The summed E-state index contributed by atoms with van der Waals surface area (Å²) in [5.74, 6) is -0.656. The lowest BCUT2D eigenvalue weighted by molar-refractivity contribution is 0.0924. The van der Waals surface area contributed by atoms with E-state index in [0.29, 0.717) is 11.3 Å². The van der Waals surface area contributed by atoms with E-state index >= 15 is 0 Å². The van der Waals surface area contributed by atoms with Crippen LogP contribution in [0, 0.1) is 13.8 Å². The predicted octanol–water partition coefficient (Wildman–Crippen LogP) is 2.50. The number of nitrogens with zero attached hydrogens (tertiary/aromatic N) is 2. The van der Waals surface area contributed by atoms with Crippen molar-refractivity contribution in [3.63, 3.8) is 0 Å². The van der Waals surface area contributed by atoms with E-state index in [0.717, 1.165) is 11.1 Å². The number of aromatic nitrogens is 1. The monoisotopic (exact) mass is 252 g/mol. The molecule has 1 aliphatic rings. The highest BCUT2D eigenvalue weighted by Gasteiger charge is 2.38. The zero-order chi connectivity index (χ0) is 13.6. The van der Waals surface area contributed by atoms with Crippen molar-refractivity contribution in [1.29, 1.82) is 0 Å². The molecule has 1 aliphatic heterocycles. The standard InChI is InChI=1S/C15H12N2O2/c1-9-5-6-10(2)12(8-9)17-14(18)11-4-3-7-16-13(11)15(17)19/h3-8H,1-2H3. The lowest BCUT2D eigenvalue weighted by Gasteiger charge is -2.16. The molecule has 0 fully saturated rings. The molecular formula is C15H12N2O2. The highest BCUT2D eigenvalue weighted by Crippen LogP contribution is 2.29. The molecule has 19 heavy (non-hydrogen) atoms. The Labute approximate surface area is 110 Å². The Morgan fingerprint density at radius 2 is 1.84 bits per heavy atom. The van der Waals surface area contributed by atoms with Crippen LogP contribution in [0.1, 0.15) is 32.0 Å². The lowest BCUT2D eigenvalue weighted by atomic mass is 10.1. The molecule has 4 heteroatoms. The molecule has 2 aromatic rings. The van der Waals surface area contributed by atoms with Crippen molar-refractivity contribution in [1.82, 2.24) is 4.98 Å². The number of amides is 2. The van der Waals surface area contributed by atoms with Crippen LogP contribution in [0.25, 0.3) is 0 Å². The van der Waals surface area contributed by atoms with E-state index in [1.807, 2.05) is 32.0 Å². The van der Waals surface area contributed by atoms with Crippen molar-refractivity contribution < 1.29 is 9.59 Å². The second-order valence-corrected chi connectivity index (χ2v) is 4.64. The third kappa shape index (κ3) is 1.64.